The molecule has 12 heavy (non-hydrogen) atoms. The Hall–Kier alpha value is -1.58. The van der Waals surface area contributed by atoms with Crippen LogP contribution in [0, 0.1) is 5.82 Å². The first-order valence-corrected chi connectivity index (χ1v) is 3.32. The van der Waals surface area contributed by atoms with Crippen molar-refractivity contribution in [2.45, 2.75) is 6.92 Å². The fourth-order valence-corrected chi connectivity index (χ4v) is 0.790. The van der Waals surface area contributed by atoms with Crippen LogP contribution in [0.25, 0.3) is 0 Å². The molecule has 4 heteroatoms. The second-order valence-electron chi connectivity index (χ2n) is 2.35. The fourth-order valence-electron chi connectivity index (χ4n) is 0.790. The summed E-state index contributed by atoms with van der Waals surface area (Å²) >= 11 is 0. The topological polar surface area (TPSA) is 52.8 Å². The van der Waals surface area contributed by atoms with Gasteiger partial charge in [-0.1, -0.05) is 5.16 Å². The first kappa shape index (κ1) is 8.52. The molecule has 64 valence electrons. The van der Waals surface area contributed by atoms with E-state index in [2.05, 4.69) is 5.16 Å². The standard InChI is InChI=1S/C8H8FNO2/c1-5(10-12)6-2-3-8(11)7(9)4-6/h2-4,11-12H,1H3. The first-order valence-electron chi connectivity index (χ1n) is 3.32. The summed E-state index contributed by atoms with van der Waals surface area (Å²) in [6, 6.07) is 3.78. The van der Waals surface area contributed by atoms with E-state index in [4.69, 9.17) is 10.3 Å². The summed E-state index contributed by atoms with van der Waals surface area (Å²) in [5.74, 6) is -1.14. The lowest BCUT2D eigenvalue weighted by Crippen LogP contribution is -1.94. The van der Waals surface area contributed by atoms with Gasteiger partial charge in [-0.3, -0.25) is 0 Å². The van der Waals surface area contributed by atoms with E-state index < -0.39 is 11.6 Å². The molecule has 0 aromatic heterocycles. The molecule has 0 fully saturated rings. The van der Waals surface area contributed by atoms with E-state index in [1.807, 2.05) is 0 Å². The van der Waals surface area contributed by atoms with Crippen molar-refractivity contribution in [1.29, 1.82) is 0 Å². The Morgan fingerprint density at radius 2 is 2.17 bits per heavy atom. The molecule has 0 spiro atoms. The quantitative estimate of drug-likeness (QED) is 0.382. The van der Waals surface area contributed by atoms with Gasteiger partial charge in [0.1, 0.15) is 0 Å². The third-order valence-electron chi connectivity index (χ3n) is 1.52. The smallest absolute Gasteiger partial charge is 0.165 e. The number of phenols is 1. The van der Waals surface area contributed by atoms with Crippen LogP contribution in [0.15, 0.2) is 23.4 Å². The van der Waals surface area contributed by atoms with Gasteiger partial charge in [-0.05, 0) is 25.1 Å². The number of nitrogens with zero attached hydrogens (tertiary/aromatic N) is 1. The van der Waals surface area contributed by atoms with E-state index in [1.54, 1.807) is 0 Å². The van der Waals surface area contributed by atoms with Crippen molar-refractivity contribution in [2.75, 3.05) is 0 Å². The van der Waals surface area contributed by atoms with E-state index in [0.29, 0.717) is 11.3 Å². The average molecular weight is 169 g/mol. The van der Waals surface area contributed by atoms with Crippen LogP contribution in [0.2, 0.25) is 0 Å². The minimum atomic E-state index is -0.726. The zero-order chi connectivity index (χ0) is 9.14. The maximum absolute atomic E-state index is 12.7. The molecule has 0 saturated carbocycles. The molecule has 0 bridgehead atoms. The normalized spacial score (nSPS) is 11.7. The van der Waals surface area contributed by atoms with Gasteiger partial charge in [0.2, 0.25) is 0 Å². The van der Waals surface area contributed by atoms with Crippen LogP contribution in [0.4, 0.5) is 4.39 Å². The predicted octanol–water partition coefficient (Wildman–Crippen LogP) is 1.73. The lowest BCUT2D eigenvalue weighted by molar-refractivity contribution is 0.319. The van der Waals surface area contributed by atoms with Crippen molar-refractivity contribution < 1.29 is 14.7 Å². The lowest BCUT2D eigenvalue weighted by atomic mass is 10.1. The van der Waals surface area contributed by atoms with Gasteiger partial charge in [0.05, 0.1) is 5.71 Å². The molecule has 3 nitrogen and oxygen atoms in total. The number of aromatic hydroxyl groups is 1. The summed E-state index contributed by atoms with van der Waals surface area (Å²) in [7, 11) is 0. The van der Waals surface area contributed by atoms with Crippen molar-refractivity contribution in [3.05, 3.63) is 29.6 Å². The largest absolute Gasteiger partial charge is 0.505 e. The van der Waals surface area contributed by atoms with Crippen molar-refractivity contribution in [2.24, 2.45) is 5.16 Å². The maximum atomic E-state index is 12.7. The predicted molar refractivity (Wildman–Crippen MR) is 42.1 cm³/mol. The van der Waals surface area contributed by atoms with Gasteiger partial charge < -0.3 is 10.3 Å². The fraction of sp³-hybridized carbons (Fsp3) is 0.125. The van der Waals surface area contributed by atoms with Crippen LogP contribution in [0.5, 0.6) is 5.75 Å². The number of rotatable bonds is 1. The molecule has 0 aliphatic heterocycles. The van der Waals surface area contributed by atoms with Crippen molar-refractivity contribution >= 4 is 5.71 Å². The second-order valence-corrected chi connectivity index (χ2v) is 2.35. The van der Waals surface area contributed by atoms with Crippen molar-refractivity contribution in [3.8, 4) is 5.75 Å². The van der Waals surface area contributed by atoms with Crippen LogP contribution in [0.1, 0.15) is 12.5 Å². The Morgan fingerprint density at radius 1 is 1.50 bits per heavy atom. The molecule has 0 amide bonds. The molecule has 1 aromatic rings. The summed E-state index contributed by atoms with van der Waals surface area (Å²) in [5, 5.41) is 20.1. The minimum Gasteiger partial charge on any atom is -0.505 e. The number of oxime groups is 1. The van der Waals surface area contributed by atoms with Crippen LogP contribution in [-0.4, -0.2) is 16.0 Å². The van der Waals surface area contributed by atoms with Crippen LogP contribution < -0.4 is 0 Å². The summed E-state index contributed by atoms with van der Waals surface area (Å²) in [6.45, 7) is 1.53. The highest BCUT2D eigenvalue weighted by atomic mass is 19.1. The maximum Gasteiger partial charge on any atom is 0.165 e. The Kier molecular flexibility index (Phi) is 2.28. The van der Waals surface area contributed by atoms with Crippen molar-refractivity contribution in [3.63, 3.8) is 0 Å². The Bertz CT molecular complexity index is 323. The molecule has 1 rings (SSSR count). The molecule has 2 N–H and O–H groups in total. The molecule has 0 unspecified atom stereocenters. The second kappa shape index (κ2) is 3.21. The van der Waals surface area contributed by atoms with Gasteiger partial charge in [-0.15, -0.1) is 0 Å². The SMILES string of the molecule is CC(=NO)c1ccc(O)c(F)c1. The van der Waals surface area contributed by atoms with Gasteiger partial charge >= 0.3 is 0 Å². The number of halogens is 1. The van der Waals surface area contributed by atoms with Crippen LogP contribution in [0.3, 0.4) is 0 Å². The van der Waals surface area contributed by atoms with E-state index in [9.17, 15) is 4.39 Å². The highest BCUT2D eigenvalue weighted by Gasteiger charge is 2.03. The highest BCUT2D eigenvalue weighted by molar-refractivity contribution is 5.98. The van der Waals surface area contributed by atoms with Crippen LogP contribution in [-0.2, 0) is 0 Å². The minimum absolute atomic E-state index is 0.300. The summed E-state index contributed by atoms with van der Waals surface area (Å²) in [6.07, 6.45) is 0. The van der Waals surface area contributed by atoms with Gasteiger partial charge in [0, 0.05) is 5.56 Å². The Labute approximate surface area is 68.8 Å². The molecule has 0 aliphatic rings. The van der Waals surface area contributed by atoms with Gasteiger partial charge in [0.15, 0.2) is 11.6 Å². The highest BCUT2D eigenvalue weighted by Crippen LogP contribution is 2.16. The summed E-state index contributed by atoms with van der Waals surface area (Å²) in [5.41, 5.74) is 0.738. The zero-order valence-corrected chi connectivity index (χ0v) is 6.45. The molecule has 0 saturated heterocycles. The third-order valence-corrected chi connectivity index (χ3v) is 1.52. The molecular weight excluding hydrogens is 161 g/mol. The van der Waals surface area contributed by atoms with E-state index in [-0.39, 0.29) is 0 Å². The van der Waals surface area contributed by atoms with E-state index >= 15 is 0 Å². The molecular formula is C8H8FNO2. The number of hydrogen-bond acceptors (Lipinski definition) is 3. The molecule has 0 radical (unpaired) electrons. The summed E-state index contributed by atoms with van der Waals surface area (Å²) < 4.78 is 12.7. The van der Waals surface area contributed by atoms with Gasteiger partial charge in [0.25, 0.3) is 0 Å². The summed E-state index contributed by atoms with van der Waals surface area (Å²) in [4.78, 5) is 0. The molecule has 0 aliphatic carbocycles. The molecule has 0 heterocycles. The third kappa shape index (κ3) is 1.53. The average Bonchev–Trinajstić information content (AvgIpc) is 2.08. The van der Waals surface area contributed by atoms with Gasteiger partial charge in [-0.2, -0.15) is 0 Å². The number of hydrogen-bond donors (Lipinski definition) is 2. The number of phenolic OH excluding ortho intramolecular Hbond substituents is 1. The molecule has 1 aromatic carbocycles. The Balaban J connectivity index is 3.13. The molecule has 0 atom stereocenters. The van der Waals surface area contributed by atoms with Crippen molar-refractivity contribution in [1.82, 2.24) is 0 Å². The first-order chi connectivity index (χ1) is 5.65. The van der Waals surface area contributed by atoms with E-state index in [0.717, 1.165) is 6.07 Å². The Morgan fingerprint density at radius 3 is 2.67 bits per heavy atom. The van der Waals surface area contributed by atoms with Gasteiger partial charge in [-0.25, -0.2) is 4.39 Å². The zero-order valence-electron chi connectivity index (χ0n) is 6.45. The van der Waals surface area contributed by atoms with Crippen LogP contribution >= 0.6 is 0 Å². The lowest BCUT2D eigenvalue weighted by Gasteiger charge is -1.99. The number of benzene rings is 1. The van der Waals surface area contributed by atoms with E-state index in [1.165, 1.54) is 19.1 Å². The monoisotopic (exact) mass is 169 g/mol.